The number of hydrogen-bond acceptors (Lipinski definition) is 7. The summed E-state index contributed by atoms with van der Waals surface area (Å²) in [6.07, 6.45) is 2.41. The van der Waals surface area contributed by atoms with E-state index in [4.69, 9.17) is 20.7 Å². The predicted molar refractivity (Wildman–Crippen MR) is 151 cm³/mol. The highest BCUT2D eigenvalue weighted by molar-refractivity contribution is 7.98. The molecule has 0 spiro atoms. The van der Waals surface area contributed by atoms with Crippen LogP contribution in [-0.2, 0) is 21.7 Å². The maximum atomic E-state index is 13.1. The van der Waals surface area contributed by atoms with E-state index in [0.29, 0.717) is 30.9 Å². The predicted octanol–water partition coefficient (Wildman–Crippen LogP) is 4.48. The summed E-state index contributed by atoms with van der Waals surface area (Å²) in [5, 5.41) is 9.95. The fraction of sp³-hybridized carbons (Fsp3) is 0.233. The summed E-state index contributed by atoms with van der Waals surface area (Å²) in [6.45, 7) is 2.21. The monoisotopic (exact) mass is 542 g/mol. The molecule has 1 aromatic heterocycles. The van der Waals surface area contributed by atoms with Gasteiger partial charge in [0.15, 0.2) is 0 Å². The minimum atomic E-state index is -1.25. The van der Waals surface area contributed by atoms with Crippen LogP contribution in [-0.4, -0.2) is 45.7 Å². The normalized spacial score (nSPS) is 17.8. The van der Waals surface area contributed by atoms with Crippen molar-refractivity contribution in [2.45, 2.75) is 36.4 Å². The van der Waals surface area contributed by atoms with E-state index in [2.05, 4.69) is 36.6 Å². The summed E-state index contributed by atoms with van der Waals surface area (Å²) in [7, 11) is 0. The number of nitrogens with one attached hydrogen (secondary N) is 1. The second-order valence-electron chi connectivity index (χ2n) is 9.60. The summed E-state index contributed by atoms with van der Waals surface area (Å²) < 4.78 is 6.16. The van der Waals surface area contributed by atoms with E-state index in [1.807, 2.05) is 24.3 Å². The van der Waals surface area contributed by atoms with Gasteiger partial charge in [-0.2, -0.15) is 0 Å². The average molecular weight is 543 g/mol. The molecule has 5 rings (SSSR count). The Bertz CT molecular complexity index is 1510. The minimum absolute atomic E-state index is 0.319. The van der Waals surface area contributed by atoms with Gasteiger partial charge in [-0.1, -0.05) is 42.5 Å². The number of likely N-dealkylation sites (tertiary alicyclic amines) is 1. The molecule has 4 aromatic rings. The number of ether oxygens (including phenoxy) is 1. The number of nitrogens with zero attached hydrogens (tertiary/aromatic N) is 2. The fourth-order valence-corrected chi connectivity index (χ4v) is 5.33. The Morgan fingerprint density at radius 2 is 1.87 bits per heavy atom. The molecular weight excluding hydrogens is 512 g/mol. The van der Waals surface area contributed by atoms with Crippen molar-refractivity contribution < 1.29 is 19.5 Å². The van der Waals surface area contributed by atoms with Crippen molar-refractivity contribution in [3.05, 3.63) is 90.0 Å². The van der Waals surface area contributed by atoms with E-state index in [1.165, 1.54) is 9.80 Å². The molecule has 1 saturated heterocycles. The average Bonchev–Trinajstić information content (AvgIpc) is 3.29. The minimum Gasteiger partial charge on any atom is -0.489 e. The van der Waals surface area contributed by atoms with Crippen LogP contribution in [0.25, 0.3) is 22.2 Å². The number of carbonyl (C=O) groups is 2. The third-order valence-corrected chi connectivity index (χ3v) is 8.04. The zero-order chi connectivity index (χ0) is 27.6. The third-order valence-electron chi connectivity index (χ3n) is 7.30. The molecule has 0 saturated carbocycles. The number of fused-ring (bicyclic) bond motifs is 1. The van der Waals surface area contributed by atoms with Gasteiger partial charge in [0, 0.05) is 28.0 Å². The summed E-state index contributed by atoms with van der Waals surface area (Å²) >= 11 is 1.70. The molecular formula is C30H30N4O4S. The highest BCUT2D eigenvalue weighted by Crippen LogP contribution is 2.33. The molecule has 4 N–H and O–H groups in total. The number of benzene rings is 3. The molecule has 0 bridgehead atoms. The number of pyridine rings is 1. The first-order chi connectivity index (χ1) is 18.8. The number of thioether (sulfide) groups is 1. The quantitative estimate of drug-likeness (QED) is 0.171. The Morgan fingerprint density at radius 1 is 1.15 bits per heavy atom. The van der Waals surface area contributed by atoms with Crippen LogP contribution in [0.2, 0.25) is 0 Å². The van der Waals surface area contributed by atoms with E-state index in [-0.39, 0.29) is 5.91 Å². The van der Waals surface area contributed by atoms with Crippen molar-refractivity contribution in [3.63, 3.8) is 0 Å². The van der Waals surface area contributed by atoms with Gasteiger partial charge in [0.25, 0.3) is 5.91 Å². The first-order valence-electron chi connectivity index (χ1n) is 12.6. The Balaban J connectivity index is 1.34. The maximum absolute atomic E-state index is 13.1. The zero-order valence-corrected chi connectivity index (χ0v) is 22.6. The van der Waals surface area contributed by atoms with Gasteiger partial charge in [-0.15, -0.1) is 11.8 Å². The molecule has 9 heteroatoms. The highest BCUT2D eigenvalue weighted by Gasteiger charge is 2.47. The molecule has 2 atom stereocenters. The second kappa shape index (κ2) is 11.1. The number of amides is 2. The lowest BCUT2D eigenvalue weighted by atomic mass is 9.89. The number of hydrogen-bond donors (Lipinski definition) is 3. The van der Waals surface area contributed by atoms with Gasteiger partial charge in [-0.25, -0.2) is 10.5 Å². The van der Waals surface area contributed by atoms with Crippen molar-refractivity contribution in [2.24, 2.45) is 5.73 Å². The van der Waals surface area contributed by atoms with Crippen molar-refractivity contribution in [1.82, 2.24) is 15.4 Å². The lowest BCUT2D eigenvalue weighted by molar-refractivity contribution is -0.143. The van der Waals surface area contributed by atoms with Crippen LogP contribution in [0.1, 0.15) is 24.5 Å². The van der Waals surface area contributed by atoms with Crippen LogP contribution in [0.3, 0.4) is 0 Å². The Morgan fingerprint density at radius 3 is 2.56 bits per heavy atom. The first kappa shape index (κ1) is 26.7. The Hall–Kier alpha value is -3.92. The van der Waals surface area contributed by atoms with Gasteiger partial charge >= 0.3 is 0 Å². The molecule has 1 fully saturated rings. The van der Waals surface area contributed by atoms with Crippen LogP contribution < -0.4 is 16.0 Å². The van der Waals surface area contributed by atoms with E-state index in [1.54, 1.807) is 48.4 Å². The number of hydroxylamine groups is 1. The Kier molecular flexibility index (Phi) is 7.56. The van der Waals surface area contributed by atoms with Crippen LogP contribution >= 0.6 is 11.8 Å². The van der Waals surface area contributed by atoms with Crippen LogP contribution in [0, 0.1) is 0 Å². The number of rotatable bonds is 8. The number of nitrogens with two attached hydrogens (primary N) is 1. The molecule has 0 radical (unpaired) electrons. The maximum Gasteiger partial charge on any atom is 0.265 e. The van der Waals surface area contributed by atoms with E-state index < -0.39 is 17.5 Å². The van der Waals surface area contributed by atoms with E-state index in [9.17, 15) is 9.59 Å². The van der Waals surface area contributed by atoms with Crippen molar-refractivity contribution in [2.75, 3.05) is 12.8 Å². The molecule has 2 unspecified atom stereocenters. The van der Waals surface area contributed by atoms with Crippen molar-refractivity contribution in [1.29, 1.82) is 0 Å². The molecule has 2 heterocycles. The lowest BCUT2D eigenvalue weighted by Gasteiger charge is -2.27. The summed E-state index contributed by atoms with van der Waals surface area (Å²) in [5.41, 5.74) is 11.4. The molecule has 3 aromatic carbocycles. The fourth-order valence-electron chi connectivity index (χ4n) is 4.92. The SMILES string of the molecule is CSc1ccc(-c2cc(COc3ccc(C4(N)CCN(C(C)C(=O)NO)C4=O)cc3)c3ccccc3n2)cc1. The molecule has 39 heavy (non-hydrogen) atoms. The molecule has 1 aliphatic heterocycles. The van der Waals surface area contributed by atoms with Crippen LogP contribution in [0.4, 0.5) is 0 Å². The largest absolute Gasteiger partial charge is 0.489 e. The van der Waals surface area contributed by atoms with Gasteiger partial charge in [-0.05, 0) is 61.6 Å². The summed E-state index contributed by atoms with van der Waals surface area (Å²) in [5.74, 6) is -0.363. The van der Waals surface area contributed by atoms with Gasteiger partial charge in [0.2, 0.25) is 5.91 Å². The van der Waals surface area contributed by atoms with E-state index in [0.717, 1.165) is 27.7 Å². The number of para-hydroxylation sites is 1. The summed E-state index contributed by atoms with van der Waals surface area (Å²) in [4.78, 5) is 32.4. The number of aromatic nitrogens is 1. The first-order valence-corrected chi connectivity index (χ1v) is 13.9. The standard InChI is InChI=1S/C30H30N4O4S/c1-19(28(35)33-37)34-16-15-30(31,29(34)36)22-9-11-23(12-10-22)38-18-21-17-27(20-7-13-24(39-2)14-8-20)32-26-6-4-3-5-25(21)26/h3-14,17,19,37H,15-16,18,31H2,1-2H3,(H,33,35). The van der Waals surface area contributed by atoms with Crippen LogP contribution in [0.15, 0.2) is 83.8 Å². The highest BCUT2D eigenvalue weighted by atomic mass is 32.2. The molecule has 0 aliphatic carbocycles. The summed E-state index contributed by atoms with van der Waals surface area (Å²) in [6, 6.07) is 24.8. The third kappa shape index (κ3) is 5.21. The van der Waals surface area contributed by atoms with Gasteiger partial charge in [0.1, 0.15) is 23.9 Å². The molecule has 200 valence electrons. The van der Waals surface area contributed by atoms with Gasteiger partial charge in [0.05, 0.1) is 11.2 Å². The Labute approximate surface area is 231 Å². The molecule has 8 nitrogen and oxygen atoms in total. The van der Waals surface area contributed by atoms with Crippen LogP contribution in [0.5, 0.6) is 5.75 Å². The van der Waals surface area contributed by atoms with Gasteiger partial charge in [-0.3, -0.25) is 14.8 Å². The number of carbonyl (C=O) groups excluding carboxylic acids is 2. The molecule has 2 amide bonds. The lowest BCUT2D eigenvalue weighted by Crippen LogP contribution is -2.50. The van der Waals surface area contributed by atoms with Crippen molar-refractivity contribution >= 4 is 34.5 Å². The molecule has 1 aliphatic rings. The van der Waals surface area contributed by atoms with Gasteiger partial charge < -0.3 is 15.4 Å². The second-order valence-corrected chi connectivity index (χ2v) is 10.5. The topological polar surface area (TPSA) is 118 Å². The zero-order valence-electron chi connectivity index (χ0n) is 21.8. The van der Waals surface area contributed by atoms with E-state index >= 15 is 0 Å². The van der Waals surface area contributed by atoms with Crippen molar-refractivity contribution in [3.8, 4) is 17.0 Å². The smallest absolute Gasteiger partial charge is 0.265 e.